The number of aliphatic hydroxyl groups is 1. The van der Waals surface area contributed by atoms with Crippen LogP contribution in [0.5, 0.6) is 0 Å². The van der Waals surface area contributed by atoms with Crippen LogP contribution in [0.15, 0.2) is 6.33 Å². The topological polar surface area (TPSA) is 68.0 Å². The predicted molar refractivity (Wildman–Crippen MR) is 60.0 cm³/mol. The second kappa shape index (κ2) is 4.74. The van der Waals surface area contributed by atoms with Gasteiger partial charge in [0.1, 0.15) is 17.8 Å². The molecule has 1 N–H and O–H groups in total. The van der Waals surface area contributed by atoms with Crippen molar-refractivity contribution in [3.05, 3.63) is 12.2 Å². The summed E-state index contributed by atoms with van der Waals surface area (Å²) in [5.41, 5.74) is -1.27. The molecule has 0 bridgehead atoms. The van der Waals surface area contributed by atoms with E-state index in [9.17, 15) is 9.90 Å². The van der Waals surface area contributed by atoms with Crippen LogP contribution in [0.2, 0.25) is 0 Å². The second-order valence-electron chi connectivity index (χ2n) is 4.44. The number of Topliss-reactive ketones (excluding diaryl/α,β-unsaturated/α-hetero) is 1. The molecule has 1 rings (SSSR count). The van der Waals surface area contributed by atoms with Crippen molar-refractivity contribution < 1.29 is 9.90 Å². The summed E-state index contributed by atoms with van der Waals surface area (Å²) in [4.78, 5) is 15.9. The third-order valence-corrected chi connectivity index (χ3v) is 2.74. The minimum atomic E-state index is -1.27. The molecule has 0 aliphatic heterocycles. The summed E-state index contributed by atoms with van der Waals surface area (Å²) in [6, 6.07) is 0.164. The van der Waals surface area contributed by atoms with Gasteiger partial charge in [-0.05, 0) is 27.2 Å². The Hall–Kier alpha value is -1.23. The molecule has 16 heavy (non-hydrogen) atoms. The summed E-state index contributed by atoms with van der Waals surface area (Å²) in [6.45, 7) is 7.26. The maximum atomic E-state index is 11.8. The lowest BCUT2D eigenvalue weighted by molar-refractivity contribution is -0.135. The molecule has 1 aromatic heterocycles. The van der Waals surface area contributed by atoms with Crippen LogP contribution in [0.3, 0.4) is 0 Å². The minimum absolute atomic E-state index is 0.124. The van der Waals surface area contributed by atoms with Gasteiger partial charge in [-0.25, -0.2) is 9.67 Å². The van der Waals surface area contributed by atoms with E-state index in [1.807, 2.05) is 13.8 Å². The van der Waals surface area contributed by atoms with Gasteiger partial charge in [0.05, 0.1) is 6.42 Å². The fourth-order valence-corrected chi connectivity index (χ4v) is 1.36. The third-order valence-electron chi connectivity index (χ3n) is 2.74. The molecule has 0 aliphatic carbocycles. The lowest BCUT2D eigenvalue weighted by Crippen LogP contribution is -2.36. The van der Waals surface area contributed by atoms with Crippen LogP contribution in [0.1, 0.15) is 46.0 Å². The smallest absolute Gasteiger partial charge is 0.171 e. The predicted octanol–water partition coefficient (Wildman–Crippen LogP) is 1.13. The molecule has 0 amide bonds. The van der Waals surface area contributed by atoms with Crippen LogP contribution in [-0.2, 0) is 11.2 Å². The van der Waals surface area contributed by atoms with Gasteiger partial charge in [0.15, 0.2) is 5.78 Å². The van der Waals surface area contributed by atoms with Crippen molar-refractivity contribution in [2.24, 2.45) is 0 Å². The second-order valence-corrected chi connectivity index (χ2v) is 4.44. The van der Waals surface area contributed by atoms with Gasteiger partial charge in [-0.2, -0.15) is 5.10 Å². The fraction of sp³-hybridized carbons (Fsp3) is 0.727. The van der Waals surface area contributed by atoms with Crippen molar-refractivity contribution in [3.63, 3.8) is 0 Å². The molecule has 0 radical (unpaired) electrons. The van der Waals surface area contributed by atoms with E-state index in [0.717, 1.165) is 0 Å². The highest BCUT2D eigenvalue weighted by Crippen LogP contribution is 2.14. The molecule has 5 nitrogen and oxygen atoms in total. The molecule has 0 saturated heterocycles. The van der Waals surface area contributed by atoms with Crippen LogP contribution in [0, 0.1) is 0 Å². The lowest BCUT2D eigenvalue weighted by Gasteiger charge is -2.19. The monoisotopic (exact) mass is 225 g/mol. The van der Waals surface area contributed by atoms with Gasteiger partial charge < -0.3 is 5.11 Å². The van der Waals surface area contributed by atoms with Gasteiger partial charge in [-0.15, -0.1) is 0 Å². The molecule has 0 aromatic carbocycles. The van der Waals surface area contributed by atoms with Crippen LogP contribution in [-0.4, -0.2) is 31.3 Å². The van der Waals surface area contributed by atoms with Crippen LogP contribution in [0.25, 0.3) is 0 Å². The normalized spacial score (nSPS) is 15.1. The maximum Gasteiger partial charge on any atom is 0.171 e. The van der Waals surface area contributed by atoms with Crippen molar-refractivity contribution in [1.82, 2.24) is 14.8 Å². The highest BCUT2D eigenvalue weighted by Gasteiger charge is 2.29. The van der Waals surface area contributed by atoms with E-state index >= 15 is 0 Å². The number of hydrogen-bond donors (Lipinski definition) is 1. The van der Waals surface area contributed by atoms with Gasteiger partial charge in [-0.1, -0.05) is 6.92 Å². The van der Waals surface area contributed by atoms with Crippen molar-refractivity contribution in [2.45, 2.75) is 52.2 Å². The number of nitrogens with zero attached hydrogens (tertiary/aromatic N) is 3. The molecular weight excluding hydrogens is 206 g/mol. The summed E-state index contributed by atoms with van der Waals surface area (Å²) < 4.78 is 1.70. The molecule has 1 unspecified atom stereocenters. The number of aromatic nitrogens is 3. The average molecular weight is 225 g/mol. The summed E-state index contributed by atoms with van der Waals surface area (Å²) in [7, 11) is 0. The Morgan fingerprint density at radius 1 is 1.62 bits per heavy atom. The van der Waals surface area contributed by atoms with E-state index in [1.165, 1.54) is 13.3 Å². The first-order valence-electron chi connectivity index (χ1n) is 5.52. The Balaban J connectivity index is 2.81. The summed E-state index contributed by atoms with van der Waals surface area (Å²) >= 11 is 0. The zero-order valence-electron chi connectivity index (χ0n) is 10.3. The molecule has 90 valence electrons. The highest BCUT2D eigenvalue weighted by molar-refractivity contribution is 5.87. The number of carbonyl (C=O) groups excluding carboxylic acids is 1. The third kappa shape index (κ3) is 2.66. The SMILES string of the molecule is CCC(C)(O)C(=O)Cc1ncnn1C(C)C. The molecular formula is C11H19N3O2. The molecule has 0 aliphatic rings. The number of carbonyl (C=O) groups is 1. The van der Waals surface area contributed by atoms with Gasteiger partial charge in [0.25, 0.3) is 0 Å². The fourth-order valence-electron chi connectivity index (χ4n) is 1.36. The van der Waals surface area contributed by atoms with Gasteiger partial charge in [0, 0.05) is 6.04 Å². The van der Waals surface area contributed by atoms with Crippen molar-refractivity contribution >= 4 is 5.78 Å². The number of ketones is 1. The Morgan fingerprint density at radius 3 is 2.75 bits per heavy atom. The van der Waals surface area contributed by atoms with Crippen LogP contribution < -0.4 is 0 Å². The molecule has 0 spiro atoms. The Labute approximate surface area is 95.5 Å². The number of rotatable bonds is 5. The van der Waals surface area contributed by atoms with E-state index in [2.05, 4.69) is 10.1 Å². The molecule has 1 aromatic rings. The van der Waals surface area contributed by atoms with E-state index in [1.54, 1.807) is 11.6 Å². The first kappa shape index (κ1) is 12.8. The van der Waals surface area contributed by atoms with Gasteiger partial charge >= 0.3 is 0 Å². The van der Waals surface area contributed by atoms with Crippen molar-refractivity contribution in [2.75, 3.05) is 0 Å². The minimum Gasteiger partial charge on any atom is -0.382 e. The van der Waals surface area contributed by atoms with Crippen LogP contribution in [0.4, 0.5) is 0 Å². The zero-order valence-corrected chi connectivity index (χ0v) is 10.3. The highest BCUT2D eigenvalue weighted by atomic mass is 16.3. The zero-order chi connectivity index (χ0) is 12.3. The van der Waals surface area contributed by atoms with E-state index in [-0.39, 0.29) is 18.2 Å². The van der Waals surface area contributed by atoms with Gasteiger partial charge in [0.2, 0.25) is 0 Å². The summed E-state index contributed by atoms with van der Waals surface area (Å²) in [5.74, 6) is 0.388. The molecule has 1 heterocycles. The number of hydrogen-bond acceptors (Lipinski definition) is 4. The summed E-state index contributed by atoms with van der Waals surface area (Å²) in [5, 5.41) is 13.9. The Morgan fingerprint density at radius 2 is 2.25 bits per heavy atom. The first-order valence-corrected chi connectivity index (χ1v) is 5.52. The van der Waals surface area contributed by atoms with Gasteiger partial charge in [-0.3, -0.25) is 4.79 Å². The van der Waals surface area contributed by atoms with E-state index < -0.39 is 5.60 Å². The average Bonchev–Trinajstić information content (AvgIpc) is 2.65. The Bertz CT molecular complexity index is 369. The Kier molecular flexibility index (Phi) is 3.80. The van der Waals surface area contributed by atoms with Crippen molar-refractivity contribution in [1.29, 1.82) is 0 Å². The molecule has 0 fully saturated rings. The first-order chi connectivity index (χ1) is 7.38. The molecule has 1 atom stereocenters. The largest absolute Gasteiger partial charge is 0.382 e. The van der Waals surface area contributed by atoms with Crippen molar-refractivity contribution in [3.8, 4) is 0 Å². The molecule has 0 saturated carbocycles. The van der Waals surface area contributed by atoms with E-state index in [4.69, 9.17) is 0 Å². The molecule has 5 heteroatoms. The van der Waals surface area contributed by atoms with E-state index in [0.29, 0.717) is 12.2 Å². The lowest BCUT2D eigenvalue weighted by atomic mass is 9.95. The van der Waals surface area contributed by atoms with Crippen LogP contribution >= 0.6 is 0 Å². The standard InChI is InChI=1S/C11H19N3O2/c1-5-11(4,16)9(15)6-10-12-7-13-14(10)8(2)3/h7-8,16H,5-6H2,1-4H3. The quantitative estimate of drug-likeness (QED) is 0.815. The summed E-state index contributed by atoms with van der Waals surface area (Å²) in [6.07, 6.45) is 1.96. The maximum absolute atomic E-state index is 11.8.